The zero-order valence-corrected chi connectivity index (χ0v) is 14.2. The van der Waals surface area contributed by atoms with Crippen LogP contribution in [0.15, 0.2) is 28.8 Å². The molecule has 8 heteroatoms. The Balaban J connectivity index is 1.83. The number of aliphatic carboxylic acids is 1. The molecular weight excluding hydrogens is 326 g/mol. The number of ether oxygens (including phenoxy) is 1. The second-order valence-corrected chi connectivity index (χ2v) is 5.58. The van der Waals surface area contributed by atoms with Gasteiger partial charge in [0.15, 0.2) is 6.61 Å². The van der Waals surface area contributed by atoms with Crippen LogP contribution in [0, 0.1) is 0 Å². The highest BCUT2D eigenvalue weighted by Crippen LogP contribution is 2.14. The Morgan fingerprint density at radius 1 is 1.32 bits per heavy atom. The van der Waals surface area contributed by atoms with E-state index >= 15 is 0 Å². The minimum atomic E-state index is -0.879. The topological polar surface area (TPSA) is 115 Å². The minimum absolute atomic E-state index is 0.0179. The van der Waals surface area contributed by atoms with Crippen molar-refractivity contribution in [2.75, 3.05) is 0 Å². The third-order valence-corrected chi connectivity index (χ3v) is 3.47. The lowest BCUT2D eigenvalue weighted by atomic mass is 10.1. The Morgan fingerprint density at radius 2 is 2.04 bits per heavy atom. The zero-order chi connectivity index (χ0) is 18.2. The van der Waals surface area contributed by atoms with Crippen molar-refractivity contribution in [2.24, 2.45) is 0 Å². The molecule has 1 heterocycles. The van der Waals surface area contributed by atoms with Gasteiger partial charge in [-0.3, -0.25) is 9.59 Å². The third-order valence-electron chi connectivity index (χ3n) is 3.47. The van der Waals surface area contributed by atoms with Crippen molar-refractivity contribution < 1.29 is 24.0 Å². The molecule has 1 aromatic heterocycles. The molecule has 8 nitrogen and oxygen atoms in total. The number of hydrogen-bond donors (Lipinski definition) is 2. The van der Waals surface area contributed by atoms with E-state index in [9.17, 15) is 9.59 Å². The maximum absolute atomic E-state index is 12.1. The first-order valence-electron chi connectivity index (χ1n) is 8.05. The fraction of sp³-hybridized carbons (Fsp3) is 0.412. The van der Waals surface area contributed by atoms with Gasteiger partial charge in [0.05, 0.1) is 0 Å². The molecule has 25 heavy (non-hydrogen) atoms. The summed E-state index contributed by atoms with van der Waals surface area (Å²) in [6, 6.07) is 6.42. The molecular formula is C17H21N3O5. The van der Waals surface area contributed by atoms with Gasteiger partial charge in [-0.1, -0.05) is 12.1 Å². The van der Waals surface area contributed by atoms with Crippen LogP contribution < -0.4 is 10.1 Å². The fourth-order valence-electron chi connectivity index (χ4n) is 2.06. The van der Waals surface area contributed by atoms with Crippen LogP contribution in [-0.2, 0) is 17.8 Å². The first-order valence-corrected chi connectivity index (χ1v) is 8.05. The van der Waals surface area contributed by atoms with E-state index in [1.807, 2.05) is 6.92 Å². The highest BCUT2D eigenvalue weighted by Gasteiger charge is 2.11. The fourth-order valence-corrected chi connectivity index (χ4v) is 2.06. The summed E-state index contributed by atoms with van der Waals surface area (Å²) in [6.45, 7) is 3.87. The number of carboxylic acids is 1. The second-order valence-electron chi connectivity index (χ2n) is 5.58. The predicted molar refractivity (Wildman–Crippen MR) is 88.2 cm³/mol. The smallest absolute Gasteiger partial charge is 0.303 e. The molecule has 2 aromatic rings. The number of benzene rings is 1. The predicted octanol–water partition coefficient (Wildman–Crippen LogP) is 2.19. The maximum Gasteiger partial charge on any atom is 0.303 e. The van der Waals surface area contributed by atoms with Crippen molar-refractivity contribution in [2.45, 2.75) is 45.8 Å². The van der Waals surface area contributed by atoms with E-state index < -0.39 is 5.97 Å². The van der Waals surface area contributed by atoms with Crippen molar-refractivity contribution >= 4 is 11.9 Å². The Labute approximate surface area is 145 Å². The maximum atomic E-state index is 12.1. The summed E-state index contributed by atoms with van der Waals surface area (Å²) < 4.78 is 10.5. The van der Waals surface area contributed by atoms with Gasteiger partial charge in [-0.25, -0.2) is 0 Å². The number of hydrogen-bond acceptors (Lipinski definition) is 6. The molecule has 0 aliphatic carbocycles. The molecule has 0 radical (unpaired) electrons. The van der Waals surface area contributed by atoms with E-state index in [2.05, 4.69) is 15.5 Å². The SMILES string of the molecule is CCc1nc(COc2ccc(C(=O)NC(C)CCC(=O)O)cc2)no1. The monoisotopic (exact) mass is 347 g/mol. The highest BCUT2D eigenvalue weighted by molar-refractivity contribution is 5.94. The first-order chi connectivity index (χ1) is 12.0. The van der Waals surface area contributed by atoms with Crippen LogP contribution in [0.4, 0.5) is 0 Å². The summed E-state index contributed by atoms with van der Waals surface area (Å²) in [7, 11) is 0. The van der Waals surface area contributed by atoms with Gasteiger partial charge in [0.25, 0.3) is 5.91 Å². The number of carboxylic acid groups (broad SMARTS) is 1. The van der Waals surface area contributed by atoms with Gasteiger partial charge in [-0.15, -0.1) is 0 Å². The van der Waals surface area contributed by atoms with E-state index in [0.29, 0.717) is 35.9 Å². The summed E-state index contributed by atoms with van der Waals surface area (Å²) in [5, 5.41) is 15.2. The average Bonchev–Trinajstić information content (AvgIpc) is 3.06. The van der Waals surface area contributed by atoms with Crippen molar-refractivity contribution in [1.29, 1.82) is 0 Å². The number of nitrogens with one attached hydrogen (secondary N) is 1. The number of amides is 1. The standard InChI is InChI=1S/C17H21N3O5/c1-3-15-19-14(20-25-15)10-24-13-7-5-12(6-8-13)17(23)18-11(2)4-9-16(21)22/h5-8,11H,3-4,9-10H2,1-2H3,(H,18,23)(H,21,22). The van der Waals surface area contributed by atoms with E-state index in [1.165, 1.54) is 0 Å². The first kappa shape index (κ1) is 18.4. The molecule has 0 spiro atoms. The van der Waals surface area contributed by atoms with Gasteiger partial charge >= 0.3 is 5.97 Å². The summed E-state index contributed by atoms with van der Waals surface area (Å²) in [4.78, 5) is 26.8. The number of nitrogens with zero attached hydrogens (tertiary/aromatic N) is 2. The normalized spacial score (nSPS) is 11.8. The number of rotatable bonds is 9. The Hall–Kier alpha value is -2.90. The number of carbonyl (C=O) groups is 2. The van der Waals surface area contributed by atoms with Gasteiger partial charge in [-0.2, -0.15) is 4.98 Å². The van der Waals surface area contributed by atoms with Gasteiger partial charge in [-0.05, 0) is 37.6 Å². The van der Waals surface area contributed by atoms with Crippen LogP contribution in [0.3, 0.4) is 0 Å². The zero-order valence-electron chi connectivity index (χ0n) is 14.2. The molecule has 134 valence electrons. The average molecular weight is 347 g/mol. The molecule has 1 amide bonds. The van der Waals surface area contributed by atoms with Crippen LogP contribution in [0.2, 0.25) is 0 Å². The highest BCUT2D eigenvalue weighted by atomic mass is 16.5. The lowest BCUT2D eigenvalue weighted by Crippen LogP contribution is -2.32. The third kappa shape index (κ3) is 5.91. The molecule has 0 aliphatic rings. The molecule has 1 aromatic carbocycles. The van der Waals surface area contributed by atoms with Crippen LogP contribution >= 0.6 is 0 Å². The Morgan fingerprint density at radius 3 is 2.64 bits per heavy atom. The summed E-state index contributed by atoms with van der Waals surface area (Å²) >= 11 is 0. The molecule has 0 saturated heterocycles. The van der Waals surface area contributed by atoms with E-state index in [-0.39, 0.29) is 25.0 Å². The molecule has 2 N–H and O–H groups in total. The van der Waals surface area contributed by atoms with Gasteiger partial charge in [0.2, 0.25) is 11.7 Å². The minimum Gasteiger partial charge on any atom is -0.485 e. The van der Waals surface area contributed by atoms with E-state index in [0.717, 1.165) is 0 Å². The molecule has 0 bridgehead atoms. The molecule has 0 aliphatic heterocycles. The number of aromatic nitrogens is 2. The van der Waals surface area contributed by atoms with Crippen molar-refractivity contribution in [3.8, 4) is 5.75 Å². The van der Waals surface area contributed by atoms with Crippen LogP contribution in [0.25, 0.3) is 0 Å². The van der Waals surface area contributed by atoms with Gasteiger partial charge < -0.3 is 19.7 Å². The van der Waals surface area contributed by atoms with Crippen molar-refractivity contribution in [3.63, 3.8) is 0 Å². The molecule has 1 atom stereocenters. The van der Waals surface area contributed by atoms with Gasteiger partial charge in [0, 0.05) is 24.4 Å². The van der Waals surface area contributed by atoms with Crippen molar-refractivity contribution in [1.82, 2.24) is 15.5 Å². The Kier molecular flexibility index (Phi) is 6.50. The lowest BCUT2D eigenvalue weighted by Gasteiger charge is -2.13. The second kappa shape index (κ2) is 8.81. The lowest BCUT2D eigenvalue weighted by molar-refractivity contribution is -0.137. The van der Waals surface area contributed by atoms with Crippen molar-refractivity contribution in [3.05, 3.63) is 41.5 Å². The van der Waals surface area contributed by atoms with E-state index in [4.69, 9.17) is 14.4 Å². The molecule has 0 saturated carbocycles. The van der Waals surface area contributed by atoms with Crippen LogP contribution in [-0.4, -0.2) is 33.2 Å². The number of aryl methyl sites for hydroxylation is 1. The van der Waals surface area contributed by atoms with Gasteiger partial charge in [0.1, 0.15) is 5.75 Å². The molecule has 0 fully saturated rings. The quantitative estimate of drug-likeness (QED) is 0.714. The number of carbonyl (C=O) groups excluding carboxylic acids is 1. The molecule has 1 unspecified atom stereocenters. The Bertz CT molecular complexity index is 711. The van der Waals surface area contributed by atoms with Crippen LogP contribution in [0.5, 0.6) is 5.75 Å². The summed E-state index contributed by atoms with van der Waals surface area (Å²) in [5.41, 5.74) is 0.474. The van der Waals surface area contributed by atoms with Crippen LogP contribution in [0.1, 0.15) is 48.8 Å². The molecule has 2 rings (SSSR count). The summed E-state index contributed by atoms with van der Waals surface area (Å²) in [5.74, 6) is 0.470. The van der Waals surface area contributed by atoms with E-state index in [1.54, 1.807) is 31.2 Å². The largest absolute Gasteiger partial charge is 0.485 e. The summed E-state index contributed by atoms with van der Waals surface area (Å²) in [6.07, 6.45) is 1.07.